The van der Waals surface area contributed by atoms with E-state index in [0.29, 0.717) is 12.6 Å². The van der Waals surface area contributed by atoms with E-state index in [2.05, 4.69) is 10.7 Å². The minimum absolute atomic E-state index is 0.0659. The Hall–Kier alpha value is -1.45. The second-order valence-corrected chi connectivity index (χ2v) is 3.27. The summed E-state index contributed by atoms with van der Waals surface area (Å²) in [4.78, 5) is 11.2. The van der Waals surface area contributed by atoms with Gasteiger partial charge in [-0.15, -0.1) is 0 Å². The molecule has 1 aromatic heterocycles. The van der Waals surface area contributed by atoms with Gasteiger partial charge in [0.2, 0.25) is 5.91 Å². The summed E-state index contributed by atoms with van der Waals surface area (Å²) in [6.07, 6.45) is 6.00. The summed E-state index contributed by atoms with van der Waals surface area (Å²) in [5.41, 5.74) is 2.96. The van der Waals surface area contributed by atoms with Gasteiger partial charge < -0.3 is 10.7 Å². The molecule has 2 rings (SSSR count). The number of hydrogen-bond donors (Lipinski definition) is 2. The van der Waals surface area contributed by atoms with E-state index in [1.165, 1.54) is 0 Å². The molecule has 0 aromatic carbocycles. The van der Waals surface area contributed by atoms with Crippen molar-refractivity contribution in [2.45, 2.75) is 18.9 Å². The van der Waals surface area contributed by atoms with Gasteiger partial charge in [-0.25, -0.2) is 0 Å². The van der Waals surface area contributed by atoms with Crippen LogP contribution in [-0.2, 0) is 4.79 Å². The third-order valence-electron chi connectivity index (χ3n) is 1.97. The molecule has 1 saturated carbocycles. The topological polar surface area (TPSA) is 46.1 Å². The summed E-state index contributed by atoms with van der Waals surface area (Å²) in [5.74, 6) is 0.0659. The van der Waals surface area contributed by atoms with Gasteiger partial charge in [-0.2, -0.15) is 0 Å². The molecule has 1 aliphatic carbocycles. The zero-order valence-corrected chi connectivity index (χ0v) is 7.36. The lowest BCUT2D eigenvalue weighted by molar-refractivity contribution is -0.119. The van der Waals surface area contributed by atoms with Crippen molar-refractivity contribution in [1.29, 1.82) is 0 Å². The van der Waals surface area contributed by atoms with Crippen LogP contribution in [0.1, 0.15) is 12.8 Å². The normalized spacial score (nSPS) is 15.4. The second kappa shape index (κ2) is 3.51. The van der Waals surface area contributed by atoms with E-state index in [1.54, 1.807) is 4.68 Å². The van der Waals surface area contributed by atoms with Crippen LogP contribution < -0.4 is 10.7 Å². The van der Waals surface area contributed by atoms with Gasteiger partial charge in [0, 0.05) is 18.4 Å². The van der Waals surface area contributed by atoms with Crippen LogP contribution in [-0.4, -0.2) is 23.2 Å². The number of carbonyl (C=O) groups is 1. The Labute approximate surface area is 76.9 Å². The van der Waals surface area contributed by atoms with Gasteiger partial charge in [-0.1, -0.05) is 0 Å². The minimum Gasteiger partial charge on any atom is -0.352 e. The van der Waals surface area contributed by atoms with E-state index in [9.17, 15) is 4.79 Å². The second-order valence-electron chi connectivity index (χ2n) is 3.27. The quantitative estimate of drug-likeness (QED) is 0.698. The van der Waals surface area contributed by atoms with Crippen LogP contribution in [0.15, 0.2) is 24.5 Å². The maximum absolute atomic E-state index is 11.2. The first-order valence-corrected chi connectivity index (χ1v) is 4.51. The van der Waals surface area contributed by atoms with E-state index >= 15 is 0 Å². The Balaban J connectivity index is 1.69. The van der Waals surface area contributed by atoms with Gasteiger partial charge in [0.05, 0.1) is 0 Å². The summed E-state index contributed by atoms with van der Waals surface area (Å²) in [6.45, 7) is 0.338. The Morgan fingerprint density at radius 3 is 2.69 bits per heavy atom. The van der Waals surface area contributed by atoms with Crippen molar-refractivity contribution < 1.29 is 4.79 Å². The van der Waals surface area contributed by atoms with Crippen LogP contribution in [0.4, 0.5) is 0 Å². The monoisotopic (exact) mass is 179 g/mol. The van der Waals surface area contributed by atoms with Gasteiger partial charge in [-0.3, -0.25) is 9.47 Å². The zero-order chi connectivity index (χ0) is 9.10. The molecule has 4 heteroatoms. The highest BCUT2D eigenvalue weighted by atomic mass is 16.2. The largest absolute Gasteiger partial charge is 0.352 e. The Kier molecular flexibility index (Phi) is 2.21. The highest BCUT2D eigenvalue weighted by Gasteiger charge is 2.22. The smallest absolute Gasteiger partial charge is 0.241 e. The molecule has 13 heavy (non-hydrogen) atoms. The van der Waals surface area contributed by atoms with Crippen molar-refractivity contribution in [3.63, 3.8) is 0 Å². The van der Waals surface area contributed by atoms with Gasteiger partial charge in [-0.05, 0) is 25.0 Å². The standard InChI is InChI=1S/C9H13N3O/c13-9(11-8-3-4-8)7-10-12-5-1-2-6-12/h1-2,5-6,8,10H,3-4,7H2,(H,11,13). The molecule has 4 nitrogen and oxygen atoms in total. The summed E-state index contributed by atoms with van der Waals surface area (Å²) in [7, 11) is 0. The fraction of sp³-hybridized carbons (Fsp3) is 0.444. The Morgan fingerprint density at radius 1 is 1.38 bits per heavy atom. The molecular weight excluding hydrogens is 166 g/mol. The minimum atomic E-state index is 0.0659. The average molecular weight is 179 g/mol. The fourth-order valence-corrected chi connectivity index (χ4v) is 1.11. The maximum Gasteiger partial charge on any atom is 0.241 e. The van der Waals surface area contributed by atoms with Gasteiger partial charge in [0.1, 0.15) is 6.54 Å². The molecule has 0 aliphatic heterocycles. The summed E-state index contributed by atoms with van der Waals surface area (Å²) < 4.78 is 1.77. The van der Waals surface area contributed by atoms with Crippen LogP contribution in [0.25, 0.3) is 0 Å². The number of hydrogen-bond acceptors (Lipinski definition) is 2. The van der Waals surface area contributed by atoms with Crippen molar-refractivity contribution in [3.05, 3.63) is 24.5 Å². The van der Waals surface area contributed by atoms with Crippen LogP contribution in [0.5, 0.6) is 0 Å². The van der Waals surface area contributed by atoms with Crippen LogP contribution in [0.2, 0.25) is 0 Å². The number of amides is 1. The molecule has 0 radical (unpaired) electrons. The predicted molar refractivity (Wildman–Crippen MR) is 49.8 cm³/mol. The van der Waals surface area contributed by atoms with Crippen molar-refractivity contribution >= 4 is 5.91 Å². The third-order valence-corrected chi connectivity index (χ3v) is 1.97. The van der Waals surface area contributed by atoms with Gasteiger partial charge in [0.25, 0.3) is 0 Å². The first-order chi connectivity index (χ1) is 6.34. The highest BCUT2D eigenvalue weighted by Crippen LogP contribution is 2.18. The van der Waals surface area contributed by atoms with Crippen molar-refractivity contribution in [1.82, 2.24) is 9.99 Å². The van der Waals surface area contributed by atoms with E-state index in [4.69, 9.17) is 0 Å². The SMILES string of the molecule is O=C(CNn1cccc1)NC1CC1. The molecule has 1 aromatic rings. The lowest BCUT2D eigenvalue weighted by Crippen LogP contribution is -2.33. The van der Waals surface area contributed by atoms with E-state index in [-0.39, 0.29) is 5.91 Å². The molecule has 0 saturated heterocycles. The highest BCUT2D eigenvalue weighted by molar-refractivity contribution is 5.79. The molecule has 0 spiro atoms. The fourth-order valence-electron chi connectivity index (χ4n) is 1.11. The first-order valence-electron chi connectivity index (χ1n) is 4.51. The van der Waals surface area contributed by atoms with Crippen molar-refractivity contribution in [2.24, 2.45) is 0 Å². The van der Waals surface area contributed by atoms with Crippen LogP contribution in [0, 0.1) is 0 Å². The number of rotatable bonds is 4. The molecule has 1 fully saturated rings. The van der Waals surface area contributed by atoms with Gasteiger partial charge in [0.15, 0.2) is 0 Å². The van der Waals surface area contributed by atoms with Crippen LogP contribution in [0.3, 0.4) is 0 Å². The lowest BCUT2D eigenvalue weighted by Gasteiger charge is -2.07. The Morgan fingerprint density at radius 2 is 2.08 bits per heavy atom. The summed E-state index contributed by atoms with van der Waals surface area (Å²) in [5, 5.41) is 2.90. The molecule has 0 unspecified atom stereocenters. The lowest BCUT2D eigenvalue weighted by atomic mass is 10.5. The Bertz CT molecular complexity index is 277. The predicted octanol–water partition coefficient (Wildman–Crippen LogP) is 0.310. The molecule has 0 atom stereocenters. The number of carbonyl (C=O) groups excluding carboxylic acids is 1. The first kappa shape index (κ1) is 8.16. The molecule has 1 amide bonds. The van der Waals surface area contributed by atoms with Gasteiger partial charge >= 0.3 is 0 Å². The van der Waals surface area contributed by atoms with E-state index < -0.39 is 0 Å². The van der Waals surface area contributed by atoms with Crippen molar-refractivity contribution in [2.75, 3.05) is 12.0 Å². The summed E-state index contributed by atoms with van der Waals surface area (Å²) in [6, 6.07) is 4.26. The van der Waals surface area contributed by atoms with E-state index in [0.717, 1.165) is 12.8 Å². The third kappa shape index (κ3) is 2.50. The molecule has 2 N–H and O–H groups in total. The maximum atomic E-state index is 11.2. The average Bonchev–Trinajstić information content (AvgIpc) is 2.78. The molecule has 0 bridgehead atoms. The molecule has 1 aliphatic rings. The molecule has 1 heterocycles. The molecular formula is C9H13N3O. The zero-order valence-electron chi connectivity index (χ0n) is 7.36. The number of nitrogens with zero attached hydrogens (tertiary/aromatic N) is 1. The summed E-state index contributed by atoms with van der Waals surface area (Å²) >= 11 is 0. The van der Waals surface area contributed by atoms with Crippen LogP contribution >= 0.6 is 0 Å². The number of nitrogens with one attached hydrogen (secondary N) is 2. The number of aromatic nitrogens is 1. The van der Waals surface area contributed by atoms with E-state index in [1.807, 2.05) is 24.5 Å². The molecule has 70 valence electrons. The van der Waals surface area contributed by atoms with Crippen molar-refractivity contribution in [3.8, 4) is 0 Å².